The number of carbonyl (C=O) groups excluding carboxylic acids is 2. The van der Waals surface area contributed by atoms with Gasteiger partial charge >= 0.3 is 6.18 Å². The van der Waals surface area contributed by atoms with E-state index < -0.39 is 17.6 Å². The van der Waals surface area contributed by atoms with E-state index in [2.05, 4.69) is 0 Å². The molecule has 2 amide bonds. The van der Waals surface area contributed by atoms with Crippen LogP contribution in [0.2, 0.25) is 0 Å². The maximum absolute atomic E-state index is 13.5. The van der Waals surface area contributed by atoms with Gasteiger partial charge in [-0.1, -0.05) is 62.7 Å². The summed E-state index contributed by atoms with van der Waals surface area (Å²) in [5, 5.41) is 1.94. The predicted octanol–water partition coefficient (Wildman–Crippen LogP) is 6.48. The highest BCUT2D eigenvalue weighted by atomic mass is 32.1. The van der Waals surface area contributed by atoms with Crippen molar-refractivity contribution >= 4 is 23.2 Å². The molecule has 0 aliphatic heterocycles. The van der Waals surface area contributed by atoms with Gasteiger partial charge < -0.3 is 9.80 Å². The quantitative estimate of drug-likeness (QED) is 0.318. The van der Waals surface area contributed by atoms with Crippen LogP contribution in [0, 0.1) is 5.92 Å². The fraction of sp³-hybridized carbons (Fsp3) is 0.333. The van der Waals surface area contributed by atoms with E-state index in [1.54, 1.807) is 4.90 Å². The molecule has 3 aromatic rings. The van der Waals surface area contributed by atoms with Crippen molar-refractivity contribution < 1.29 is 22.8 Å². The van der Waals surface area contributed by atoms with Gasteiger partial charge in [-0.05, 0) is 41.1 Å². The van der Waals surface area contributed by atoms with Gasteiger partial charge in [-0.15, -0.1) is 11.3 Å². The lowest BCUT2D eigenvalue weighted by molar-refractivity contribution is -0.137. The zero-order valence-corrected chi connectivity index (χ0v) is 20.6. The first kappa shape index (κ1) is 26.5. The van der Waals surface area contributed by atoms with Crippen LogP contribution < -0.4 is 0 Å². The topological polar surface area (TPSA) is 40.6 Å². The van der Waals surface area contributed by atoms with Crippen LogP contribution in [0.4, 0.5) is 13.2 Å². The Morgan fingerprint density at radius 1 is 0.943 bits per heavy atom. The van der Waals surface area contributed by atoms with E-state index in [1.807, 2.05) is 61.7 Å². The Kier molecular flexibility index (Phi) is 9.09. The minimum atomic E-state index is -4.55. The van der Waals surface area contributed by atoms with Crippen molar-refractivity contribution in [2.24, 2.45) is 5.92 Å². The molecule has 0 spiro atoms. The summed E-state index contributed by atoms with van der Waals surface area (Å²) in [6.45, 7) is 4.74. The Bertz CT molecular complexity index is 1100. The molecule has 0 bridgehead atoms. The van der Waals surface area contributed by atoms with Crippen LogP contribution in [0.1, 0.15) is 46.6 Å². The van der Waals surface area contributed by atoms with E-state index in [4.69, 9.17) is 0 Å². The van der Waals surface area contributed by atoms with Gasteiger partial charge in [0.05, 0.1) is 12.1 Å². The van der Waals surface area contributed by atoms with Crippen LogP contribution in [0.15, 0.2) is 72.1 Å². The molecule has 8 heteroatoms. The second-order valence-corrected chi connectivity index (χ2v) is 9.62. The molecule has 4 nitrogen and oxygen atoms in total. The SMILES string of the molecule is CCC(C)CN(CC(=O)N(Cc1ccccc1)Cc1cccs1)C(=O)c1cccc(C(F)(F)F)c1. The molecule has 0 saturated heterocycles. The predicted molar refractivity (Wildman–Crippen MR) is 132 cm³/mol. The van der Waals surface area contributed by atoms with Crippen molar-refractivity contribution in [2.75, 3.05) is 13.1 Å². The smallest absolute Gasteiger partial charge is 0.332 e. The third kappa shape index (κ3) is 7.68. The number of halogens is 3. The Hall–Kier alpha value is -3.13. The number of alkyl halides is 3. The molecule has 1 unspecified atom stereocenters. The number of rotatable bonds is 10. The van der Waals surface area contributed by atoms with Crippen LogP contribution in [0.5, 0.6) is 0 Å². The monoisotopic (exact) mass is 502 g/mol. The number of amides is 2. The molecule has 1 aromatic heterocycles. The van der Waals surface area contributed by atoms with Crippen molar-refractivity contribution in [1.82, 2.24) is 9.80 Å². The minimum Gasteiger partial charge on any atom is -0.332 e. The fourth-order valence-electron chi connectivity index (χ4n) is 3.63. The minimum absolute atomic E-state index is 0.0798. The average molecular weight is 503 g/mol. The highest BCUT2D eigenvalue weighted by Crippen LogP contribution is 2.30. The highest BCUT2D eigenvalue weighted by Gasteiger charge is 2.32. The van der Waals surface area contributed by atoms with Crippen LogP contribution in [-0.2, 0) is 24.1 Å². The van der Waals surface area contributed by atoms with Crippen LogP contribution in [0.25, 0.3) is 0 Å². The van der Waals surface area contributed by atoms with Crippen molar-refractivity contribution in [3.63, 3.8) is 0 Å². The van der Waals surface area contributed by atoms with Gasteiger partial charge in [0.15, 0.2) is 0 Å². The maximum atomic E-state index is 13.5. The number of thiophene rings is 1. The molecule has 0 fully saturated rings. The maximum Gasteiger partial charge on any atom is 0.416 e. The molecule has 1 atom stereocenters. The van der Waals surface area contributed by atoms with Crippen LogP contribution >= 0.6 is 11.3 Å². The molecular formula is C27H29F3N2O2S. The zero-order valence-electron chi connectivity index (χ0n) is 19.8. The standard InChI is InChI=1S/C27H29F3N2O2S/c1-3-20(2)16-32(26(34)22-11-7-12-23(15-22)27(28,29)30)19-25(33)31(18-24-13-8-14-35-24)17-21-9-5-4-6-10-21/h4-15,20H,3,16-19H2,1-2H3. The fourth-order valence-corrected chi connectivity index (χ4v) is 4.35. The van der Waals surface area contributed by atoms with Gasteiger partial charge in [0.2, 0.25) is 5.91 Å². The molecule has 0 aliphatic rings. The summed E-state index contributed by atoms with van der Waals surface area (Å²) in [7, 11) is 0. The number of benzene rings is 2. The summed E-state index contributed by atoms with van der Waals surface area (Å²) in [4.78, 5) is 30.8. The molecule has 35 heavy (non-hydrogen) atoms. The van der Waals surface area contributed by atoms with E-state index in [-0.39, 0.29) is 30.5 Å². The lowest BCUT2D eigenvalue weighted by Crippen LogP contribution is -2.44. The van der Waals surface area contributed by atoms with Crippen molar-refractivity contribution in [2.45, 2.75) is 39.5 Å². The molecule has 2 aromatic carbocycles. The molecule has 0 saturated carbocycles. The first-order valence-electron chi connectivity index (χ1n) is 11.5. The second-order valence-electron chi connectivity index (χ2n) is 8.59. The summed E-state index contributed by atoms with van der Waals surface area (Å²) in [6, 6.07) is 17.8. The van der Waals surface area contributed by atoms with Crippen LogP contribution in [0.3, 0.4) is 0 Å². The first-order valence-corrected chi connectivity index (χ1v) is 12.4. The summed E-state index contributed by atoms with van der Waals surface area (Å²) < 4.78 is 39.6. The Balaban J connectivity index is 1.85. The normalized spacial score (nSPS) is 12.3. The third-order valence-electron chi connectivity index (χ3n) is 5.77. The van der Waals surface area contributed by atoms with Gasteiger partial charge in [0.1, 0.15) is 6.54 Å². The summed E-state index contributed by atoms with van der Waals surface area (Å²) in [5.41, 5.74) is -0.0135. The second kappa shape index (κ2) is 12.0. The highest BCUT2D eigenvalue weighted by molar-refractivity contribution is 7.09. The van der Waals surface area contributed by atoms with E-state index in [0.717, 1.165) is 29.0 Å². The molecule has 186 valence electrons. The number of hydrogen-bond acceptors (Lipinski definition) is 3. The zero-order chi connectivity index (χ0) is 25.4. The third-order valence-corrected chi connectivity index (χ3v) is 6.64. The molecule has 1 heterocycles. The first-order chi connectivity index (χ1) is 16.7. The number of nitrogens with zero attached hydrogens (tertiary/aromatic N) is 2. The van der Waals surface area contributed by atoms with E-state index in [9.17, 15) is 22.8 Å². The molecule has 0 radical (unpaired) electrons. The molecular weight excluding hydrogens is 473 g/mol. The Labute approximate surface area is 208 Å². The van der Waals surface area contributed by atoms with Crippen LogP contribution in [-0.4, -0.2) is 34.7 Å². The lowest BCUT2D eigenvalue weighted by atomic mass is 10.1. The van der Waals surface area contributed by atoms with E-state index >= 15 is 0 Å². The summed E-state index contributed by atoms with van der Waals surface area (Å²) in [6.07, 6.45) is -3.79. The lowest BCUT2D eigenvalue weighted by Gasteiger charge is -2.29. The summed E-state index contributed by atoms with van der Waals surface area (Å²) in [5.74, 6) is -0.760. The van der Waals surface area contributed by atoms with Gasteiger partial charge in [-0.2, -0.15) is 13.2 Å². The van der Waals surface area contributed by atoms with Crippen molar-refractivity contribution in [3.8, 4) is 0 Å². The Morgan fingerprint density at radius 3 is 2.31 bits per heavy atom. The van der Waals surface area contributed by atoms with Gasteiger partial charge in [0.25, 0.3) is 5.91 Å². The van der Waals surface area contributed by atoms with E-state index in [0.29, 0.717) is 13.1 Å². The molecule has 0 aliphatic carbocycles. The number of carbonyl (C=O) groups is 2. The summed E-state index contributed by atoms with van der Waals surface area (Å²) >= 11 is 1.54. The molecule has 3 rings (SSSR count). The van der Waals surface area contributed by atoms with Gasteiger partial charge in [0, 0.05) is 23.5 Å². The van der Waals surface area contributed by atoms with Crippen molar-refractivity contribution in [1.29, 1.82) is 0 Å². The average Bonchev–Trinajstić information content (AvgIpc) is 3.36. The van der Waals surface area contributed by atoms with Gasteiger partial charge in [-0.25, -0.2) is 0 Å². The van der Waals surface area contributed by atoms with Gasteiger partial charge in [-0.3, -0.25) is 9.59 Å². The number of hydrogen-bond donors (Lipinski definition) is 0. The van der Waals surface area contributed by atoms with E-state index in [1.165, 1.54) is 28.4 Å². The Morgan fingerprint density at radius 2 is 1.69 bits per heavy atom. The van der Waals surface area contributed by atoms with Crippen molar-refractivity contribution in [3.05, 3.63) is 93.7 Å². The largest absolute Gasteiger partial charge is 0.416 e. The molecule has 0 N–H and O–H groups in total.